The normalized spacial score (nSPS) is 10.9. The van der Waals surface area contributed by atoms with Crippen LogP contribution in [0.3, 0.4) is 0 Å². The van der Waals surface area contributed by atoms with E-state index >= 15 is 0 Å². The zero-order valence-electron chi connectivity index (χ0n) is 11.8. The Hall–Kier alpha value is -2.47. The minimum atomic E-state index is -1.29. The molecule has 3 rings (SSSR count). The van der Waals surface area contributed by atoms with Crippen molar-refractivity contribution in [2.75, 3.05) is 0 Å². The van der Waals surface area contributed by atoms with Gasteiger partial charge < -0.3 is 9.67 Å². The van der Waals surface area contributed by atoms with Crippen molar-refractivity contribution in [3.05, 3.63) is 80.3 Å². The Balaban J connectivity index is 2.25. The van der Waals surface area contributed by atoms with Crippen LogP contribution in [0.25, 0.3) is 10.9 Å². The molecule has 0 amide bonds. The highest BCUT2D eigenvalue weighted by Gasteiger charge is 2.15. The van der Waals surface area contributed by atoms with Gasteiger partial charge in [0.15, 0.2) is 0 Å². The molecule has 2 aromatic carbocycles. The van der Waals surface area contributed by atoms with Gasteiger partial charge in [-0.3, -0.25) is 4.79 Å². The fourth-order valence-electron chi connectivity index (χ4n) is 2.48. The van der Waals surface area contributed by atoms with Crippen LogP contribution in [0, 0.1) is 5.82 Å². The van der Waals surface area contributed by atoms with E-state index in [9.17, 15) is 19.1 Å². The summed E-state index contributed by atoms with van der Waals surface area (Å²) in [5, 5.41) is 9.55. The van der Waals surface area contributed by atoms with E-state index in [2.05, 4.69) is 15.9 Å². The first-order chi connectivity index (χ1) is 11.0. The number of pyridine rings is 1. The molecule has 23 heavy (non-hydrogen) atoms. The van der Waals surface area contributed by atoms with Gasteiger partial charge in [0, 0.05) is 22.6 Å². The Morgan fingerprint density at radius 1 is 1.22 bits per heavy atom. The summed E-state index contributed by atoms with van der Waals surface area (Å²) >= 11 is 3.28. The molecule has 0 atom stereocenters. The fourth-order valence-corrected chi connectivity index (χ4v) is 2.85. The molecule has 6 heteroatoms. The molecule has 0 fully saturated rings. The summed E-state index contributed by atoms with van der Waals surface area (Å²) in [6, 6.07) is 11.1. The van der Waals surface area contributed by atoms with E-state index in [1.165, 1.54) is 18.3 Å². The van der Waals surface area contributed by atoms with Gasteiger partial charge in [-0.25, -0.2) is 9.18 Å². The van der Waals surface area contributed by atoms with Crippen molar-refractivity contribution in [3.8, 4) is 0 Å². The number of halogens is 2. The fraction of sp³-hybridized carbons (Fsp3) is 0.0588. The first-order valence-electron chi connectivity index (χ1n) is 6.76. The quantitative estimate of drug-likeness (QED) is 0.759. The number of hydrogen-bond donors (Lipinski definition) is 1. The first kappa shape index (κ1) is 15.4. The van der Waals surface area contributed by atoms with Crippen LogP contribution in [-0.4, -0.2) is 15.6 Å². The van der Waals surface area contributed by atoms with E-state index in [0.29, 0.717) is 20.9 Å². The lowest BCUT2D eigenvalue weighted by Gasteiger charge is -2.13. The molecule has 3 aromatic rings. The number of aromatic carboxylic acids is 1. The second kappa shape index (κ2) is 5.96. The minimum Gasteiger partial charge on any atom is -0.477 e. The van der Waals surface area contributed by atoms with Gasteiger partial charge in [-0.2, -0.15) is 0 Å². The van der Waals surface area contributed by atoms with Gasteiger partial charge in [0.2, 0.25) is 5.43 Å². The molecule has 0 aliphatic rings. The lowest BCUT2D eigenvalue weighted by molar-refractivity contribution is 0.0695. The Morgan fingerprint density at radius 3 is 2.70 bits per heavy atom. The van der Waals surface area contributed by atoms with Crippen LogP contribution < -0.4 is 5.43 Å². The molecular formula is C17H11BrFNO3. The summed E-state index contributed by atoms with van der Waals surface area (Å²) in [7, 11) is 0. The number of carboxylic acid groups (broad SMARTS) is 1. The second-order valence-electron chi connectivity index (χ2n) is 5.10. The summed E-state index contributed by atoms with van der Waals surface area (Å²) in [5.41, 5.74) is 0.415. The van der Waals surface area contributed by atoms with Gasteiger partial charge >= 0.3 is 5.97 Å². The molecule has 0 saturated carbocycles. The highest BCUT2D eigenvalue weighted by atomic mass is 79.9. The van der Waals surface area contributed by atoms with Gasteiger partial charge in [-0.1, -0.05) is 28.1 Å². The highest BCUT2D eigenvalue weighted by molar-refractivity contribution is 9.10. The molecule has 0 bridgehead atoms. The van der Waals surface area contributed by atoms with Gasteiger partial charge in [0.05, 0.1) is 5.52 Å². The van der Waals surface area contributed by atoms with E-state index in [1.54, 1.807) is 34.9 Å². The molecule has 0 radical (unpaired) electrons. The molecule has 0 saturated heterocycles. The van der Waals surface area contributed by atoms with Crippen molar-refractivity contribution in [2.45, 2.75) is 6.54 Å². The number of benzene rings is 2. The lowest BCUT2D eigenvalue weighted by atomic mass is 10.1. The van der Waals surface area contributed by atoms with Crippen molar-refractivity contribution < 1.29 is 14.3 Å². The summed E-state index contributed by atoms with van der Waals surface area (Å²) in [5.74, 6) is -1.65. The Morgan fingerprint density at radius 2 is 2.00 bits per heavy atom. The third-order valence-electron chi connectivity index (χ3n) is 3.51. The number of hydrogen-bond acceptors (Lipinski definition) is 2. The summed E-state index contributed by atoms with van der Waals surface area (Å²) < 4.78 is 15.7. The van der Waals surface area contributed by atoms with E-state index < -0.39 is 11.4 Å². The number of carbonyl (C=O) groups is 1. The van der Waals surface area contributed by atoms with Crippen LogP contribution >= 0.6 is 15.9 Å². The molecule has 1 heterocycles. The van der Waals surface area contributed by atoms with E-state index in [-0.39, 0.29) is 17.9 Å². The Kier molecular flexibility index (Phi) is 4.00. The van der Waals surface area contributed by atoms with Gasteiger partial charge in [0.25, 0.3) is 0 Å². The van der Waals surface area contributed by atoms with Crippen LogP contribution in [0.1, 0.15) is 15.9 Å². The molecule has 0 spiro atoms. The Bertz CT molecular complexity index is 981. The molecule has 0 aliphatic carbocycles. The minimum absolute atomic E-state index is 0.260. The zero-order valence-corrected chi connectivity index (χ0v) is 13.4. The number of carboxylic acids is 1. The van der Waals surface area contributed by atoms with Crippen molar-refractivity contribution in [3.63, 3.8) is 0 Å². The highest BCUT2D eigenvalue weighted by Crippen LogP contribution is 2.19. The summed E-state index contributed by atoms with van der Waals surface area (Å²) in [6.45, 7) is 0.260. The van der Waals surface area contributed by atoms with Crippen LogP contribution in [0.4, 0.5) is 4.39 Å². The third kappa shape index (κ3) is 3.03. The molecule has 0 aliphatic heterocycles. The number of rotatable bonds is 3. The average Bonchev–Trinajstić information content (AvgIpc) is 2.50. The Labute approximate surface area is 138 Å². The van der Waals surface area contributed by atoms with Gasteiger partial charge in [0.1, 0.15) is 11.4 Å². The summed E-state index contributed by atoms with van der Waals surface area (Å²) in [4.78, 5) is 23.6. The summed E-state index contributed by atoms with van der Waals surface area (Å²) in [6.07, 6.45) is 1.30. The average molecular weight is 376 g/mol. The molecular weight excluding hydrogens is 365 g/mol. The van der Waals surface area contributed by atoms with Crippen molar-refractivity contribution in [1.82, 2.24) is 4.57 Å². The van der Waals surface area contributed by atoms with Gasteiger partial charge in [-0.05, 0) is 35.9 Å². The van der Waals surface area contributed by atoms with Crippen molar-refractivity contribution >= 4 is 32.8 Å². The van der Waals surface area contributed by atoms with Crippen LogP contribution in [-0.2, 0) is 6.54 Å². The van der Waals surface area contributed by atoms with E-state index in [4.69, 9.17) is 0 Å². The largest absolute Gasteiger partial charge is 0.477 e. The second-order valence-corrected chi connectivity index (χ2v) is 6.01. The van der Waals surface area contributed by atoms with Crippen molar-refractivity contribution in [2.24, 2.45) is 0 Å². The predicted molar refractivity (Wildman–Crippen MR) is 88.4 cm³/mol. The standard InChI is InChI=1S/C17H11BrFNO3/c18-11-4-5-15-13(7-11)16(21)14(17(22)23)9-20(15)8-10-2-1-3-12(19)6-10/h1-7,9H,8H2,(H,22,23). The van der Waals surface area contributed by atoms with Crippen LogP contribution in [0.5, 0.6) is 0 Å². The van der Waals surface area contributed by atoms with E-state index in [1.807, 2.05) is 0 Å². The topological polar surface area (TPSA) is 59.3 Å². The van der Waals surface area contributed by atoms with Crippen molar-refractivity contribution in [1.29, 1.82) is 0 Å². The first-order valence-corrected chi connectivity index (χ1v) is 7.55. The maximum Gasteiger partial charge on any atom is 0.341 e. The molecule has 1 N–H and O–H groups in total. The van der Waals surface area contributed by atoms with Crippen LogP contribution in [0.2, 0.25) is 0 Å². The van der Waals surface area contributed by atoms with Gasteiger partial charge in [-0.15, -0.1) is 0 Å². The predicted octanol–water partition coefficient (Wildman–Crippen LogP) is 3.65. The number of nitrogens with zero attached hydrogens (tertiary/aromatic N) is 1. The maximum absolute atomic E-state index is 13.3. The number of fused-ring (bicyclic) bond motifs is 1. The zero-order chi connectivity index (χ0) is 16.6. The molecule has 0 unspecified atom stereocenters. The van der Waals surface area contributed by atoms with E-state index in [0.717, 1.165) is 0 Å². The van der Waals surface area contributed by atoms with Crippen LogP contribution in [0.15, 0.2) is 57.9 Å². The third-order valence-corrected chi connectivity index (χ3v) is 4.01. The molecule has 4 nitrogen and oxygen atoms in total. The lowest BCUT2D eigenvalue weighted by Crippen LogP contribution is -2.19. The smallest absolute Gasteiger partial charge is 0.341 e. The maximum atomic E-state index is 13.3. The molecule has 116 valence electrons. The molecule has 1 aromatic heterocycles. The number of aromatic nitrogens is 1. The SMILES string of the molecule is O=C(O)c1cn(Cc2cccc(F)c2)c2ccc(Br)cc2c1=O. The monoisotopic (exact) mass is 375 g/mol.